The molecular formula is C24H31N5O. The summed E-state index contributed by atoms with van der Waals surface area (Å²) in [6.45, 7) is 9.55. The summed E-state index contributed by atoms with van der Waals surface area (Å²) in [6.07, 6.45) is 3.98. The van der Waals surface area contributed by atoms with Crippen molar-refractivity contribution < 1.29 is 4.74 Å². The van der Waals surface area contributed by atoms with E-state index in [-0.39, 0.29) is 0 Å². The summed E-state index contributed by atoms with van der Waals surface area (Å²) in [7, 11) is 0. The third-order valence-corrected chi connectivity index (χ3v) is 5.87. The van der Waals surface area contributed by atoms with Crippen LogP contribution < -0.4 is 9.80 Å². The van der Waals surface area contributed by atoms with Crippen LogP contribution >= 0.6 is 0 Å². The number of aryl methyl sites for hydroxylation is 1. The number of piperazine rings is 1. The quantitative estimate of drug-likeness (QED) is 0.713. The fourth-order valence-electron chi connectivity index (χ4n) is 4.05. The highest BCUT2D eigenvalue weighted by Gasteiger charge is 2.20. The zero-order chi connectivity index (χ0) is 20.6. The second kappa shape index (κ2) is 10.4. The molecule has 1 aromatic heterocycles. The predicted molar refractivity (Wildman–Crippen MR) is 121 cm³/mol. The van der Waals surface area contributed by atoms with E-state index in [1.54, 1.807) is 6.33 Å². The minimum atomic E-state index is 0.299. The lowest BCUT2D eigenvalue weighted by Crippen LogP contribution is -2.46. The van der Waals surface area contributed by atoms with Gasteiger partial charge >= 0.3 is 0 Å². The van der Waals surface area contributed by atoms with Crippen LogP contribution in [0.25, 0.3) is 0 Å². The van der Waals surface area contributed by atoms with Gasteiger partial charge in [0.1, 0.15) is 18.8 Å². The lowest BCUT2D eigenvalue weighted by Gasteiger charge is -2.35. The molecule has 0 amide bonds. The van der Waals surface area contributed by atoms with Crippen molar-refractivity contribution in [3.63, 3.8) is 0 Å². The topological polar surface area (TPSA) is 44.7 Å². The van der Waals surface area contributed by atoms with Crippen LogP contribution in [0.1, 0.15) is 18.5 Å². The molecule has 158 valence electrons. The molecule has 0 saturated carbocycles. The molecular weight excluding hydrogens is 374 g/mol. The summed E-state index contributed by atoms with van der Waals surface area (Å²) >= 11 is 0. The zero-order valence-electron chi connectivity index (χ0n) is 17.8. The van der Waals surface area contributed by atoms with E-state index < -0.39 is 0 Å². The second-order valence-corrected chi connectivity index (χ2v) is 7.97. The number of piperidine rings is 1. The van der Waals surface area contributed by atoms with Crippen LogP contribution in [0, 0.1) is 18.8 Å². The Morgan fingerprint density at radius 2 is 1.70 bits per heavy atom. The molecule has 2 aliphatic heterocycles. The molecule has 0 aliphatic carbocycles. The number of hydrogen-bond acceptors (Lipinski definition) is 6. The summed E-state index contributed by atoms with van der Waals surface area (Å²) in [4.78, 5) is 15.7. The molecule has 2 aromatic rings. The van der Waals surface area contributed by atoms with Gasteiger partial charge in [-0.25, -0.2) is 9.97 Å². The third-order valence-electron chi connectivity index (χ3n) is 5.87. The van der Waals surface area contributed by atoms with Crippen molar-refractivity contribution in [2.75, 3.05) is 62.2 Å². The van der Waals surface area contributed by atoms with Gasteiger partial charge in [0, 0.05) is 56.7 Å². The Bertz CT molecular complexity index is 847. The van der Waals surface area contributed by atoms with Crippen molar-refractivity contribution in [1.82, 2.24) is 14.9 Å². The normalized spacial score (nSPS) is 18.2. The largest absolute Gasteiger partial charge is 0.369 e. The molecule has 2 aliphatic rings. The first-order valence-electron chi connectivity index (χ1n) is 10.9. The Labute approximate surface area is 179 Å². The Balaban J connectivity index is 1.11. The second-order valence-electron chi connectivity index (χ2n) is 7.97. The number of para-hydroxylation sites is 1. The van der Waals surface area contributed by atoms with Gasteiger partial charge < -0.3 is 14.5 Å². The molecule has 6 nitrogen and oxygen atoms in total. The minimum Gasteiger partial charge on any atom is -0.369 e. The molecule has 0 spiro atoms. The fourth-order valence-corrected chi connectivity index (χ4v) is 4.05. The molecule has 0 N–H and O–H groups in total. The molecule has 0 atom stereocenters. The first-order valence-corrected chi connectivity index (χ1v) is 10.9. The molecule has 1 aromatic carbocycles. The Hall–Kier alpha value is -2.62. The SMILES string of the molecule is Cc1cc(N2CCC(OCC#CCN3CCN(c4ccccc4)CC3)CC2)ncn1. The maximum Gasteiger partial charge on any atom is 0.132 e. The molecule has 3 heterocycles. The zero-order valence-corrected chi connectivity index (χ0v) is 17.8. The number of benzene rings is 1. The lowest BCUT2D eigenvalue weighted by atomic mass is 10.1. The van der Waals surface area contributed by atoms with Gasteiger partial charge in [0.05, 0.1) is 12.6 Å². The summed E-state index contributed by atoms with van der Waals surface area (Å²) in [5.74, 6) is 7.53. The molecule has 2 saturated heterocycles. The van der Waals surface area contributed by atoms with Gasteiger partial charge in [-0.2, -0.15) is 0 Å². The Morgan fingerprint density at radius 1 is 0.933 bits per heavy atom. The fraction of sp³-hybridized carbons (Fsp3) is 0.500. The molecule has 6 heteroatoms. The van der Waals surface area contributed by atoms with Gasteiger partial charge in [-0.3, -0.25) is 4.90 Å². The van der Waals surface area contributed by atoms with Crippen LogP contribution in [0.4, 0.5) is 11.5 Å². The minimum absolute atomic E-state index is 0.299. The van der Waals surface area contributed by atoms with Crippen molar-refractivity contribution in [1.29, 1.82) is 0 Å². The number of nitrogens with zero attached hydrogens (tertiary/aromatic N) is 5. The highest BCUT2D eigenvalue weighted by Crippen LogP contribution is 2.19. The lowest BCUT2D eigenvalue weighted by molar-refractivity contribution is 0.0593. The Morgan fingerprint density at radius 3 is 2.43 bits per heavy atom. The number of aromatic nitrogens is 2. The average molecular weight is 406 g/mol. The monoisotopic (exact) mass is 405 g/mol. The first-order chi connectivity index (χ1) is 14.8. The van der Waals surface area contributed by atoms with E-state index >= 15 is 0 Å². The van der Waals surface area contributed by atoms with E-state index in [0.29, 0.717) is 12.7 Å². The molecule has 0 unspecified atom stereocenters. The predicted octanol–water partition coefficient (Wildman–Crippen LogP) is 2.60. The van der Waals surface area contributed by atoms with Crippen molar-refractivity contribution in [3.05, 3.63) is 48.4 Å². The highest BCUT2D eigenvalue weighted by molar-refractivity contribution is 5.46. The van der Waals surface area contributed by atoms with Crippen molar-refractivity contribution >= 4 is 11.5 Å². The number of rotatable bonds is 5. The van der Waals surface area contributed by atoms with Crippen LogP contribution in [-0.2, 0) is 4.74 Å². The number of anilines is 2. The molecule has 0 bridgehead atoms. The van der Waals surface area contributed by atoms with Gasteiger partial charge in [-0.05, 0) is 31.9 Å². The van der Waals surface area contributed by atoms with E-state index in [4.69, 9.17) is 4.74 Å². The number of hydrogen-bond donors (Lipinski definition) is 0. The van der Waals surface area contributed by atoms with E-state index in [0.717, 1.165) is 70.2 Å². The smallest absolute Gasteiger partial charge is 0.132 e. The average Bonchev–Trinajstić information content (AvgIpc) is 2.80. The van der Waals surface area contributed by atoms with Gasteiger partial charge in [-0.1, -0.05) is 30.0 Å². The van der Waals surface area contributed by atoms with Gasteiger partial charge in [-0.15, -0.1) is 0 Å². The number of ether oxygens (including phenoxy) is 1. The molecule has 2 fully saturated rings. The molecule has 30 heavy (non-hydrogen) atoms. The van der Waals surface area contributed by atoms with Crippen LogP contribution in [-0.4, -0.2) is 73.4 Å². The van der Waals surface area contributed by atoms with Crippen molar-refractivity contribution in [2.24, 2.45) is 0 Å². The van der Waals surface area contributed by atoms with Gasteiger partial charge in [0.15, 0.2) is 0 Å². The van der Waals surface area contributed by atoms with E-state index in [9.17, 15) is 0 Å². The molecule has 4 rings (SSSR count). The van der Waals surface area contributed by atoms with Gasteiger partial charge in [0.2, 0.25) is 0 Å². The molecule has 0 radical (unpaired) electrons. The highest BCUT2D eigenvalue weighted by atomic mass is 16.5. The van der Waals surface area contributed by atoms with Gasteiger partial charge in [0.25, 0.3) is 0 Å². The van der Waals surface area contributed by atoms with Crippen LogP contribution in [0.2, 0.25) is 0 Å². The van der Waals surface area contributed by atoms with Crippen LogP contribution in [0.3, 0.4) is 0 Å². The summed E-state index contributed by atoms with van der Waals surface area (Å²) in [5, 5.41) is 0. The maximum atomic E-state index is 6.00. The van der Waals surface area contributed by atoms with E-state index in [2.05, 4.69) is 66.8 Å². The van der Waals surface area contributed by atoms with E-state index in [1.807, 2.05) is 13.0 Å². The van der Waals surface area contributed by atoms with Crippen LogP contribution in [0.5, 0.6) is 0 Å². The van der Waals surface area contributed by atoms with Crippen molar-refractivity contribution in [2.45, 2.75) is 25.9 Å². The summed E-state index contributed by atoms with van der Waals surface area (Å²) in [5.41, 5.74) is 2.33. The summed E-state index contributed by atoms with van der Waals surface area (Å²) in [6, 6.07) is 12.7. The van der Waals surface area contributed by atoms with Crippen molar-refractivity contribution in [3.8, 4) is 11.8 Å². The third kappa shape index (κ3) is 5.71. The Kier molecular flexibility index (Phi) is 7.17. The first kappa shape index (κ1) is 20.6. The summed E-state index contributed by atoms with van der Waals surface area (Å²) < 4.78 is 6.00. The maximum absolute atomic E-state index is 6.00. The standard InChI is InChI=1S/C24H31N5O/c1-21-19-24(26-20-25-21)29-12-9-23(10-13-29)30-18-6-5-11-27-14-16-28(17-15-27)22-7-3-2-4-8-22/h2-4,7-8,19-20,23H,9-18H2,1H3. The van der Waals surface area contributed by atoms with E-state index in [1.165, 1.54) is 5.69 Å². The van der Waals surface area contributed by atoms with Crippen LogP contribution in [0.15, 0.2) is 42.7 Å².